The first kappa shape index (κ1) is 16.1. The summed E-state index contributed by atoms with van der Waals surface area (Å²) in [4.78, 5) is 18.5. The number of aryl methyl sites for hydroxylation is 1. The van der Waals surface area contributed by atoms with Crippen molar-refractivity contribution >= 4 is 22.4 Å². The molecule has 122 valence electrons. The fraction of sp³-hybridized carbons (Fsp3) is 0.444. The molecule has 1 aliphatic carbocycles. The molecule has 0 aliphatic heterocycles. The molecule has 23 heavy (non-hydrogen) atoms. The number of carbonyl (C=O) groups is 1. The molecular formula is C18H23N3OS. The minimum absolute atomic E-state index is 0.221. The van der Waals surface area contributed by atoms with Crippen LogP contribution in [0, 0.1) is 5.92 Å². The van der Waals surface area contributed by atoms with Gasteiger partial charge in [-0.15, -0.1) is 11.3 Å². The van der Waals surface area contributed by atoms with E-state index in [4.69, 9.17) is 5.73 Å². The van der Waals surface area contributed by atoms with Gasteiger partial charge < -0.3 is 11.1 Å². The molecule has 0 saturated heterocycles. The van der Waals surface area contributed by atoms with Crippen molar-refractivity contribution in [1.29, 1.82) is 0 Å². The Balaban J connectivity index is 1.75. The maximum Gasteiger partial charge on any atom is 0.250 e. The fourth-order valence-electron chi connectivity index (χ4n) is 2.99. The van der Waals surface area contributed by atoms with Crippen molar-refractivity contribution in [3.63, 3.8) is 0 Å². The van der Waals surface area contributed by atoms with Crippen molar-refractivity contribution in [2.45, 2.75) is 45.1 Å². The van der Waals surface area contributed by atoms with E-state index in [0.29, 0.717) is 5.13 Å². The van der Waals surface area contributed by atoms with Gasteiger partial charge in [-0.05, 0) is 37.7 Å². The zero-order chi connectivity index (χ0) is 16.4. The minimum Gasteiger partial charge on any atom is -0.314 e. The molecule has 0 bridgehead atoms. The molecule has 3 N–H and O–H groups in total. The number of rotatable bonds is 4. The Morgan fingerprint density at radius 2 is 2.17 bits per heavy atom. The van der Waals surface area contributed by atoms with E-state index in [1.54, 1.807) is 18.3 Å². The van der Waals surface area contributed by atoms with Crippen molar-refractivity contribution in [2.75, 3.05) is 5.32 Å². The lowest BCUT2D eigenvalue weighted by Crippen LogP contribution is -2.45. The molecule has 2 unspecified atom stereocenters. The van der Waals surface area contributed by atoms with Gasteiger partial charge in [-0.3, -0.25) is 4.79 Å². The summed E-state index contributed by atoms with van der Waals surface area (Å²) in [5.41, 5.74) is 7.13. The Labute approximate surface area is 141 Å². The third-order valence-electron chi connectivity index (χ3n) is 4.68. The SMILES string of the molecule is CCC1CCc2nc(NC(=O)C(C)(N)c3ccccc3)sc2C1. The Kier molecular flexibility index (Phi) is 4.50. The van der Waals surface area contributed by atoms with E-state index < -0.39 is 5.54 Å². The second-order valence-electron chi connectivity index (χ2n) is 6.43. The van der Waals surface area contributed by atoms with E-state index in [9.17, 15) is 4.79 Å². The first-order chi connectivity index (χ1) is 11.0. The molecule has 1 heterocycles. The number of nitrogens with one attached hydrogen (secondary N) is 1. The molecule has 0 fully saturated rings. The first-order valence-corrected chi connectivity index (χ1v) is 8.96. The molecule has 5 heteroatoms. The van der Waals surface area contributed by atoms with Crippen LogP contribution >= 0.6 is 11.3 Å². The number of nitrogens with two attached hydrogens (primary N) is 1. The summed E-state index contributed by atoms with van der Waals surface area (Å²) in [5.74, 6) is 0.525. The third-order valence-corrected chi connectivity index (χ3v) is 5.72. The number of amides is 1. The quantitative estimate of drug-likeness (QED) is 0.902. The molecule has 2 aromatic rings. The van der Waals surface area contributed by atoms with Crippen LogP contribution in [-0.2, 0) is 23.2 Å². The highest BCUT2D eigenvalue weighted by molar-refractivity contribution is 7.15. The van der Waals surface area contributed by atoms with Gasteiger partial charge in [-0.25, -0.2) is 4.98 Å². The highest BCUT2D eigenvalue weighted by Crippen LogP contribution is 2.34. The van der Waals surface area contributed by atoms with Crippen molar-refractivity contribution in [1.82, 2.24) is 4.98 Å². The van der Waals surface area contributed by atoms with Gasteiger partial charge in [0.2, 0.25) is 0 Å². The molecule has 4 nitrogen and oxygen atoms in total. The smallest absolute Gasteiger partial charge is 0.250 e. The largest absolute Gasteiger partial charge is 0.314 e. The maximum absolute atomic E-state index is 12.6. The van der Waals surface area contributed by atoms with Crippen LogP contribution in [0.15, 0.2) is 30.3 Å². The third kappa shape index (κ3) is 3.31. The first-order valence-electron chi connectivity index (χ1n) is 8.15. The molecule has 1 aromatic carbocycles. The number of aromatic nitrogens is 1. The van der Waals surface area contributed by atoms with Gasteiger partial charge in [-0.2, -0.15) is 0 Å². The topological polar surface area (TPSA) is 68.0 Å². The lowest BCUT2D eigenvalue weighted by molar-refractivity contribution is -0.120. The monoisotopic (exact) mass is 329 g/mol. The second-order valence-corrected chi connectivity index (χ2v) is 7.51. The zero-order valence-electron chi connectivity index (χ0n) is 13.6. The molecule has 0 saturated carbocycles. The van der Waals surface area contributed by atoms with Crippen molar-refractivity contribution in [2.24, 2.45) is 11.7 Å². The van der Waals surface area contributed by atoms with Crippen molar-refractivity contribution < 1.29 is 4.79 Å². The average Bonchev–Trinajstić information content (AvgIpc) is 2.96. The van der Waals surface area contributed by atoms with Crippen LogP contribution < -0.4 is 11.1 Å². The molecule has 1 aliphatic rings. The summed E-state index contributed by atoms with van der Waals surface area (Å²) in [6.45, 7) is 3.97. The van der Waals surface area contributed by atoms with Crippen molar-refractivity contribution in [3.8, 4) is 0 Å². The number of hydrogen-bond acceptors (Lipinski definition) is 4. The predicted molar refractivity (Wildman–Crippen MR) is 94.5 cm³/mol. The number of nitrogens with zero attached hydrogens (tertiary/aromatic N) is 1. The Morgan fingerprint density at radius 3 is 2.87 bits per heavy atom. The standard InChI is InChI=1S/C18H23N3OS/c1-3-12-9-10-14-15(11-12)23-17(20-14)21-16(22)18(2,19)13-7-5-4-6-8-13/h4-8,12H,3,9-11,19H2,1-2H3,(H,20,21,22). The van der Waals surface area contributed by atoms with Crippen LogP contribution in [0.3, 0.4) is 0 Å². The maximum atomic E-state index is 12.6. The summed E-state index contributed by atoms with van der Waals surface area (Å²) < 4.78 is 0. The van der Waals surface area contributed by atoms with E-state index in [1.807, 2.05) is 30.3 Å². The van der Waals surface area contributed by atoms with E-state index in [-0.39, 0.29) is 5.91 Å². The van der Waals surface area contributed by atoms with Crippen LogP contribution in [0.25, 0.3) is 0 Å². The van der Waals surface area contributed by atoms with Gasteiger partial charge in [0.05, 0.1) is 5.69 Å². The van der Waals surface area contributed by atoms with Crippen LogP contribution in [0.4, 0.5) is 5.13 Å². The molecular weight excluding hydrogens is 306 g/mol. The minimum atomic E-state index is -1.07. The van der Waals surface area contributed by atoms with Crippen LogP contribution in [0.1, 0.15) is 42.8 Å². The number of carbonyl (C=O) groups excluding carboxylic acids is 1. The molecule has 2 atom stereocenters. The van der Waals surface area contributed by atoms with Gasteiger partial charge >= 0.3 is 0 Å². The predicted octanol–water partition coefficient (Wildman–Crippen LogP) is 3.47. The summed E-state index contributed by atoms with van der Waals surface area (Å²) in [6, 6.07) is 9.44. The Morgan fingerprint density at radius 1 is 1.43 bits per heavy atom. The fourth-order valence-corrected chi connectivity index (χ4v) is 4.11. The van der Waals surface area contributed by atoms with Gasteiger partial charge in [0.25, 0.3) is 5.91 Å². The highest BCUT2D eigenvalue weighted by atomic mass is 32.1. The lowest BCUT2D eigenvalue weighted by Gasteiger charge is -2.23. The lowest BCUT2D eigenvalue weighted by atomic mass is 9.89. The number of thiazole rings is 1. The summed E-state index contributed by atoms with van der Waals surface area (Å²) in [6.07, 6.45) is 4.49. The summed E-state index contributed by atoms with van der Waals surface area (Å²) >= 11 is 1.60. The van der Waals surface area contributed by atoms with Crippen LogP contribution in [0.5, 0.6) is 0 Å². The van der Waals surface area contributed by atoms with E-state index in [0.717, 1.165) is 30.0 Å². The van der Waals surface area contributed by atoms with Crippen LogP contribution in [0.2, 0.25) is 0 Å². The van der Waals surface area contributed by atoms with Gasteiger partial charge in [0.1, 0.15) is 5.54 Å². The second kappa shape index (κ2) is 6.42. The number of benzene rings is 1. The summed E-state index contributed by atoms with van der Waals surface area (Å²) in [5, 5.41) is 3.58. The van der Waals surface area contributed by atoms with E-state index >= 15 is 0 Å². The average molecular weight is 329 g/mol. The summed E-state index contributed by atoms with van der Waals surface area (Å²) in [7, 11) is 0. The molecule has 1 amide bonds. The van der Waals surface area contributed by atoms with Gasteiger partial charge in [0.15, 0.2) is 5.13 Å². The number of fused-ring (bicyclic) bond motifs is 1. The Hall–Kier alpha value is -1.72. The van der Waals surface area contributed by atoms with Gasteiger partial charge in [0, 0.05) is 4.88 Å². The normalized spacial score (nSPS) is 19.7. The van der Waals surface area contributed by atoms with Gasteiger partial charge in [-0.1, -0.05) is 43.7 Å². The number of anilines is 1. The van der Waals surface area contributed by atoms with E-state index in [2.05, 4.69) is 17.2 Å². The molecule has 3 rings (SSSR count). The number of hydrogen-bond donors (Lipinski definition) is 2. The Bertz CT molecular complexity index is 694. The van der Waals surface area contributed by atoms with Crippen molar-refractivity contribution in [3.05, 3.63) is 46.5 Å². The molecule has 1 aromatic heterocycles. The molecule has 0 radical (unpaired) electrons. The molecule has 0 spiro atoms. The zero-order valence-corrected chi connectivity index (χ0v) is 14.5. The van der Waals surface area contributed by atoms with Crippen LogP contribution in [-0.4, -0.2) is 10.9 Å². The highest BCUT2D eigenvalue weighted by Gasteiger charge is 2.31. The van der Waals surface area contributed by atoms with E-state index in [1.165, 1.54) is 17.7 Å².